The number of aromatic nitrogens is 1. The third-order valence-electron chi connectivity index (χ3n) is 1.06. The molecule has 0 aliphatic carbocycles. The third-order valence-corrected chi connectivity index (χ3v) is 1.06. The number of hydrogen-bond acceptors (Lipinski definition) is 2. The maximum atomic E-state index is 12.3. The summed E-state index contributed by atoms with van der Waals surface area (Å²) in [6, 6.07) is 1.25. The molecular weight excluding hydrogens is 194 g/mol. The summed E-state index contributed by atoms with van der Waals surface area (Å²) in [5.41, 5.74) is -1.26. The molecule has 1 heterocycles. The van der Waals surface area contributed by atoms with Crippen molar-refractivity contribution in [2.24, 2.45) is 0 Å². The SMILES string of the molecule is O=c1[nH]c(OC(F)(F)F)ccc1F. The lowest BCUT2D eigenvalue weighted by Crippen LogP contribution is -2.20. The number of pyridine rings is 1. The van der Waals surface area contributed by atoms with E-state index >= 15 is 0 Å². The minimum absolute atomic E-state index is 0.583. The molecule has 7 heteroatoms. The molecule has 0 saturated carbocycles. The quantitative estimate of drug-likeness (QED) is 0.691. The highest BCUT2D eigenvalue weighted by Gasteiger charge is 2.31. The summed E-state index contributed by atoms with van der Waals surface area (Å²) in [5, 5.41) is 0. The predicted molar refractivity (Wildman–Crippen MR) is 33.7 cm³/mol. The second-order valence-corrected chi connectivity index (χ2v) is 2.05. The number of hydrogen-bond donors (Lipinski definition) is 1. The maximum absolute atomic E-state index is 12.3. The van der Waals surface area contributed by atoms with Gasteiger partial charge in [0.05, 0.1) is 0 Å². The van der Waals surface area contributed by atoms with Gasteiger partial charge in [0.2, 0.25) is 5.88 Å². The molecule has 0 spiro atoms. The average Bonchev–Trinajstić information content (AvgIpc) is 1.94. The second-order valence-electron chi connectivity index (χ2n) is 2.05. The summed E-state index contributed by atoms with van der Waals surface area (Å²) in [6.45, 7) is 0. The van der Waals surface area contributed by atoms with E-state index in [2.05, 4.69) is 4.74 Å². The van der Waals surface area contributed by atoms with Gasteiger partial charge in [-0.1, -0.05) is 0 Å². The minimum Gasteiger partial charge on any atom is -0.390 e. The molecule has 0 atom stereocenters. The summed E-state index contributed by atoms with van der Waals surface area (Å²) in [6.07, 6.45) is -4.90. The van der Waals surface area contributed by atoms with Gasteiger partial charge >= 0.3 is 6.36 Å². The van der Waals surface area contributed by atoms with Gasteiger partial charge in [-0.3, -0.25) is 9.78 Å². The van der Waals surface area contributed by atoms with Gasteiger partial charge in [-0.15, -0.1) is 13.2 Å². The fraction of sp³-hybridized carbons (Fsp3) is 0.167. The van der Waals surface area contributed by atoms with Crippen LogP contribution >= 0.6 is 0 Å². The lowest BCUT2D eigenvalue weighted by atomic mass is 10.5. The third kappa shape index (κ3) is 2.77. The molecule has 0 aliphatic heterocycles. The highest BCUT2D eigenvalue weighted by molar-refractivity contribution is 5.10. The van der Waals surface area contributed by atoms with Crippen molar-refractivity contribution in [2.75, 3.05) is 0 Å². The van der Waals surface area contributed by atoms with Crippen molar-refractivity contribution in [3.63, 3.8) is 0 Å². The Labute approximate surface area is 69.0 Å². The molecule has 0 bridgehead atoms. The first kappa shape index (κ1) is 9.56. The Balaban J connectivity index is 2.93. The highest BCUT2D eigenvalue weighted by Crippen LogP contribution is 2.19. The van der Waals surface area contributed by atoms with Crippen molar-refractivity contribution in [3.05, 3.63) is 28.3 Å². The smallest absolute Gasteiger partial charge is 0.390 e. The Bertz CT molecular complexity index is 356. The first-order valence-electron chi connectivity index (χ1n) is 3.03. The van der Waals surface area contributed by atoms with Crippen molar-refractivity contribution < 1.29 is 22.3 Å². The van der Waals surface area contributed by atoms with Gasteiger partial charge < -0.3 is 4.74 Å². The lowest BCUT2D eigenvalue weighted by molar-refractivity contribution is -0.276. The van der Waals surface area contributed by atoms with Crippen LogP contribution in [0.25, 0.3) is 0 Å². The topological polar surface area (TPSA) is 42.1 Å². The summed E-state index contributed by atoms with van der Waals surface area (Å²) >= 11 is 0. The molecule has 72 valence electrons. The number of alkyl halides is 3. The molecule has 0 aromatic carbocycles. The van der Waals surface area contributed by atoms with E-state index in [1.165, 1.54) is 0 Å². The molecule has 0 unspecified atom stereocenters. The van der Waals surface area contributed by atoms with Gasteiger partial charge in [-0.2, -0.15) is 0 Å². The van der Waals surface area contributed by atoms with Gasteiger partial charge in [-0.25, -0.2) is 4.39 Å². The number of aromatic amines is 1. The van der Waals surface area contributed by atoms with E-state index in [4.69, 9.17) is 0 Å². The normalized spacial score (nSPS) is 11.4. The fourth-order valence-electron chi connectivity index (χ4n) is 0.622. The predicted octanol–water partition coefficient (Wildman–Crippen LogP) is 1.41. The van der Waals surface area contributed by atoms with E-state index in [1.54, 1.807) is 4.98 Å². The van der Waals surface area contributed by atoms with E-state index in [0.717, 1.165) is 0 Å². The van der Waals surface area contributed by atoms with Crippen LogP contribution in [-0.4, -0.2) is 11.3 Å². The van der Waals surface area contributed by atoms with E-state index in [0.29, 0.717) is 12.1 Å². The Morgan fingerprint density at radius 1 is 1.31 bits per heavy atom. The zero-order valence-corrected chi connectivity index (χ0v) is 5.98. The van der Waals surface area contributed by atoms with Gasteiger partial charge in [0.15, 0.2) is 5.82 Å². The van der Waals surface area contributed by atoms with Gasteiger partial charge in [0.1, 0.15) is 0 Å². The summed E-state index contributed by atoms with van der Waals surface area (Å²) in [7, 11) is 0. The van der Waals surface area contributed by atoms with Gasteiger partial charge in [0, 0.05) is 6.07 Å². The summed E-state index contributed by atoms with van der Waals surface area (Å²) in [4.78, 5) is 12.0. The van der Waals surface area contributed by atoms with Crippen LogP contribution in [0.3, 0.4) is 0 Å². The maximum Gasteiger partial charge on any atom is 0.574 e. The first-order chi connectivity index (χ1) is 5.88. The van der Waals surface area contributed by atoms with Crippen LogP contribution < -0.4 is 10.3 Å². The number of ether oxygens (including phenoxy) is 1. The molecule has 1 aromatic heterocycles. The molecule has 3 nitrogen and oxygen atoms in total. The Kier molecular flexibility index (Phi) is 2.26. The molecule has 0 aliphatic rings. The van der Waals surface area contributed by atoms with Crippen molar-refractivity contribution >= 4 is 0 Å². The lowest BCUT2D eigenvalue weighted by Gasteiger charge is -2.07. The fourth-order valence-corrected chi connectivity index (χ4v) is 0.622. The van der Waals surface area contributed by atoms with Crippen molar-refractivity contribution in [3.8, 4) is 5.88 Å². The number of rotatable bonds is 1. The second kappa shape index (κ2) is 3.08. The van der Waals surface area contributed by atoms with Crippen molar-refractivity contribution in [1.82, 2.24) is 4.98 Å². The van der Waals surface area contributed by atoms with Crippen LogP contribution in [-0.2, 0) is 0 Å². The number of H-pyrrole nitrogens is 1. The van der Waals surface area contributed by atoms with E-state index in [-0.39, 0.29) is 0 Å². The molecule has 0 radical (unpaired) electrons. The van der Waals surface area contributed by atoms with Crippen LogP contribution in [0, 0.1) is 5.82 Å². The Morgan fingerprint density at radius 2 is 1.92 bits per heavy atom. The zero-order chi connectivity index (χ0) is 10.1. The Hall–Kier alpha value is -1.53. The molecule has 13 heavy (non-hydrogen) atoms. The monoisotopic (exact) mass is 197 g/mol. The molecular formula is C6H3F4NO2. The summed E-state index contributed by atoms with van der Waals surface area (Å²) < 4.78 is 50.2. The van der Waals surface area contributed by atoms with Crippen LogP contribution in [0.5, 0.6) is 5.88 Å². The van der Waals surface area contributed by atoms with E-state index in [9.17, 15) is 22.4 Å². The standard InChI is InChI=1S/C6H3F4NO2/c7-3-1-2-4(11-5(3)12)13-6(8,9)10/h1-2H,(H,11,12). The molecule has 1 rings (SSSR count). The van der Waals surface area contributed by atoms with Crippen molar-refractivity contribution in [2.45, 2.75) is 6.36 Å². The first-order valence-corrected chi connectivity index (χ1v) is 3.03. The van der Waals surface area contributed by atoms with Gasteiger partial charge in [-0.05, 0) is 6.07 Å². The summed E-state index contributed by atoms with van der Waals surface area (Å²) in [5.74, 6) is -2.02. The van der Waals surface area contributed by atoms with Gasteiger partial charge in [0.25, 0.3) is 5.56 Å². The van der Waals surface area contributed by atoms with E-state index in [1.807, 2.05) is 0 Å². The van der Waals surface area contributed by atoms with E-state index < -0.39 is 23.6 Å². The van der Waals surface area contributed by atoms with Crippen molar-refractivity contribution in [1.29, 1.82) is 0 Å². The molecule has 1 N–H and O–H groups in total. The van der Waals surface area contributed by atoms with Crippen LogP contribution in [0.15, 0.2) is 16.9 Å². The zero-order valence-electron chi connectivity index (χ0n) is 5.98. The highest BCUT2D eigenvalue weighted by atomic mass is 19.4. The molecule has 1 aromatic rings. The number of halogens is 4. The van der Waals surface area contributed by atoms with Crippen LogP contribution in [0.2, 0.25) is 0 Å². The average molecular weight is 197 g/mol. The minimum atomic E-state index is -4.90. The van der Waals surface area contributed by atoms with Crippen LogP contribution in [0.1, 0.15) is 0 Å². The largest absolute Gasteiger partial charge is 0.574 e. The molecule has 0 saturated heterocycles. The Morgan fingerprint density at radius 3 is 2.38 bits per heavy atom. The van der Waals surface area contributed by atoms with Crippen LogP contribution in [0.4, 0.5) is 17.6 Å². The number of nitrogens with one attached hydrogen (secondary N) is 1. The molecule has 0 fully saturated rings. The molecule has 0 amide bonds.